The number of aliphatic hydroxyl groups is 1. The van der Waals surface area contributed by atoms with E-state index >= 15 is 0 Å². The van der Waals surface area contributed by atoms with Gasteiger partial charge in [-0.3, -0.25) is 20.2 Å². The lowest BCUT2D eigenvalue weighted by Gasteiger charge is -2.24. The average Bonchev–Trinajstić information content (AvgIpc) is 3.04. The molecule has 2 heterocycles. The lowest BCUT2D eigenvalue weighted by Crippen LogP contribution is -2.31. The monoisotopic (exact) mass is 422 g/mol. The van der Waals surface area contributed by atoms with Gasteiger partial charge in [-0.15, -0.1) is 0 Å². The second-order valence-corrected chi connectivity index (χ2v) is 7.45. The molecule has 0 unspecified atom stereocenters. The molecule has 3 rings (SSSR count). The van der Waals surface area contributed by atoms with Gasteiger partial charge in [0, 0.05) is 55.8 Å². The van der Waals surface area contributed by atoms with Crippen LogP contribution < -0.4 is 9.80 Å². The second-order valence-electron chi connectivity index (χ2n) is 6.72. The topological polar surface area (TPSA) is 139 Å². The third-order valence-electron chi connectivity index (χ3n) is 5.02. The quantitative estimate of drug-likeness (QED) is 0.549. The lowest BCUT2D eigenvalue weighted by molar-refractivity contribution is -0.393. The van der Waals surface area contributed by atoms with Crippen LogP contribution in [0.25, 0.3) is 0 Å². The molecule has 12 heteroatoms. The molecule has 1 aliphatic heterocycles. The molecule has 0 atom stereocenters. The van der Waals surface area contributed by atoms with Crippen LogP contribution in [0.5, 0.6) is 0 Å². The van der Waals surface area contributed by atoms with Crippen molar-refractivity contribution in [3.63, 3.8) is 0 Å². The van der Waals surface area contributed by atoms with Gasteiger partial charge < -0.3 is 14.9 Å². The predicted octanol–water partition coefficient (Wildman–Crippen LogP) is 2.43. The van der Waals surface area contributed by atoms with E-state index in [4.69, 9.17) is 0 Å². The number of hydrogen-bond donors (Lipinski definition) is 1. The molecule has 1 fully saturated rings. The number of aliphatic hydroxyl groups excluding tert-OH is 1. The van der Waals surface area contributed by atoms with E-state index in [1.54, 1.807) is 4.90 Å². The van der Waals surface area contributed by atoms with Crippen molar-refractivity contribution in [3.05, 3.63) is 43.2 Å². The molecular weight excluding hydrogens is 400 g/mol. The van der Waals surface area contributed by atoms with Crippen LogP contribution in [0.1, 0.15) is 30.3 Å². The van der Waals surface area contributed by atoms with E-state index in [9.17, 15) is 25.3 Å². The fourth-order valence-corrected chi connectivity index (χ4v) is 4.28. The van der Waals surface area contributed by atoms with Crippen LogP contribution in [0.4, 0.5) is 22.2 Å². The van der Waals surface area contributed by atoms with Gasteiger partial charge in [0.25, 0.3) is 5.69 Å². The number of rotatable bonds is 6. The molecule has 1 N–H and O–H groups in total. The molecule has 29 heavy (non-hydrogen) atoms. The van der Waals surface area contributed by atoms with E-state index in [0.29, 0.717) is 32.6 Å². The lowest BCUT2D eigenvalue weighted by atomic mass is 10.0. The SMILES string of the molecule is CCc1nsc(N2CCCN(c3c([N+](=O)[O-])cc(CO)c(C)c3[N+](=O)[O-])CC2)n1. The maximum absolute atomic E-state index is 11.8. The fraction of sp³-hybridized carbons (Fsp3) is 0.529. The Kier molecular flexibility index (Phi) is 6.23. The molecule has 1 aromatic carbocycles. The molecule has 0 radical (unpaired) electrons. The molecule has 1 aliphatic rings. The Hall–Kier alpha value is -2.86. The van der Waals surface area contributed by atoms with Gasteiger partial charge in [-0.05, 0) is 18.9 Å². The Morgan fingerprint density at radius 2 is 1.86 bits per heavy atom. The maximum atomic E-state index is 11.8. The average molecular weight is 422 g/mol. The Labute approximate surface area is 171 Å². The molecule has 11 nitrogen and oxygen atoms in total. The Morgan fingerprint density at radius 3 is 2.45 bits per heavy atom. The van der Waals surface area contributed by atoms with Crippen molar-refractivity contribution in [1.82, 2.24) is 9.36 Å². The zero-order valence-electron chi connectivity index (χ0n) is 16.2. The highest BCUT2D eigenvalue weighted by molar-refractivity contribution is 7.09. The van der Waals surface area contributed by atoms with Gasteiger partial charge in [-0.2, -0.15) is 4.37 Å². The minimum absolute atomic E-state index is 0.00283. The predicted molar refractivity (Wildman–Crippen MR) is 109 cm³/mol. The minimum Gasteiger partial charge on any atom is -0.392 e. The molecule has 0 aliphatic carbocycles. The van der Waals surface area contributed by atoms with Crippen LogP contribution in [-0.4, -0.2) is 50.5 Å². The van der Waals surface area contributed by atoms with Crippen molar-refractivity contribution in [3.8, 4) is 0 Å². The fourth-order valence-electron chi connectivity index (χ4n) is 3.48. The second kappa shape index (κ2) is 8.66. The Bertz CT molecular complexity index is 933. The minimum atomic E-state index is -0.623. The number of nitro benzene ring substituents is 2. The third-order valence-corrected chi connectivity index (χ3v) is 5.84. The first kappa shape index (κ1) is 20.9. The highest BCUT2D eigenvalue weighted by Crippen LogP contribution is 2.42. The van der Waals surface area contributed by atoms with Gasteiger partial charge in [0.1, 0.15) is 5.82 Å². The van der Waals surface area contributed by atoms with Crippen molar-refractivity contribution in [2.75, 3.05) is 36.0 Å². The first-order chi connectivity index (χ1) is 13.9. The first-order valence-corrected chi connectivity index (χ1v) is 10.0. The Morgan fingerprint density at radius 1 is 1.17 bits per heavy atom. The highest BCUT2D eigenvalue weighted by Gasteiger charge is 2.34. The summed E-state index contributed by atoms with van der Waals surface area (Å²) >= 11 is 1.31. The van der Waals surface area contributed by atoms with Crippen molar-refractivity contribution in [2.45, 2.75) is 33.3 Å². The Balaban J connectivity index is 1.98. The number of aromatic nitrogens is 2. The van der Waals surface area contributed by atoms with Crippen LogP contribution in [-0.2, 0) is 13.0 Å². The summed E-state index contributed by atoms with van der Waals surface area (Å²) in [6.07, 6.45) is 1.40. The van der Waals surface area contributed by atoms with Crippen molar-refractivity contribution >= 4 is 33.7 Å². The number of benzene rings is 1. The van der Waals surface area contributed by atoms with E-state index in [2.05, 4.69) is 14.3 Å². The molecule has 0 amide bonds. The molecule has 1 aromatic heterocycles. The summed E-state index contributed by atoms with van der Waals surface area (Å²) < 4.78 is 4.30. The largest absolute Gasteiger partial charge is 0.392 e. The van der Waals surface area contributed by atoms with Crippen LogP contribution in [0, 0.1) is 27.2 Å². The normalized spacial score (nSPS) is 14.7. The summed E-state index contributed by atoms with van der Waals surface area (Å²) in [5, 5.41) is 33.7. The van der Waals surface area contributed by atoms with Gasteiger partial charge in [-0.25, -0.2) is 4.98 Å². The number of nitrogens with zero attached hydrogens (tertiary/aromatic N) is 6. The number of nitro groups is 2. The van der Waals surface area contributed by atoms with E-state index in [0.717, 1.165) is 17.4 Å². The molecular formula is C17H22N6O5S. The molecule has 156 valence electrons. The van der Waals surface area contributed by atoms with Crippen LogP contribution in [0.15, 0.2) is 6.07 Å². The summed E-state index contributed by atoms with van der Waals surface area (Å²) in [4.78, 5) is 30.5. The van der Waals surface area contributed by atoms with E-state index in [1.807, 2.05) is 6.92 Å². The van der Waals surface area contributed by atoms with Crippen LogP contribution in [0.3, 0.4) is 0 Å². The highest BCUT2D eigenvalue weighted by atomic mass is 32.1. The van der Waals surface area contributed by atoms with Crippen molar-refractivity contribution < 1.29 is 15.0 Å². The maximum Gasteiger partial charge on any atom is 0.302 e. The zero-order chi connectivity index (χ0) is 21.1. The van der Waals surface area contributed by atoms with Gasteiger partial charge in [0.2, 0.25) is 5.13 Å². The summed E-state index contributed by atoms with van der Waals surface area (Å²) in [7, 11) is 0. The first-order valence-electron chi connectivity index (χ1n) is 9.25. The standard InChI is InChI=1S/C17H22N6O5S/c1-3-14-18-17(29-19-14)21-6-4-5-20(7-8-21)16-13(22(25)26)9-12(10-24)11(2)15(16)23(27)28/h9,24H,3-8,10H2,1-2H3. The van der Waals surface area contributed by atoms with Gasteiger partial charge in [0.05, 0.1) is 16.5 Å². The van der Waals surface area contributed by atoms with Crippen molar-refractivity contribution in [1.29, 1.82) is 0 Å². The molecule has 2 aromatic rings. The third kappa shape index (κ3) is 4.12. The molecule has 0 saturated carbocycles. The van der Waals surface area contributed by atoms with Crippen LogP contribution >= 0.6 is 11.5 Å². The van der Waals surface area contributed by atoms with E-state index in [1.165, 1.54) is 24.5 Å². The smallest absolute Gasteiger partial charge is 0.302 e. The number of anilines is 2. The van der Waals surface area contributed by atoms with Gasteiger partial charge >= 0.3 is 5.69 Å². The van der Waals surface area contributed by atoms with Crippen molar-refractivity contribution in [2.24, 2.45) is 0 Å². The summed E-state index contributed by atoms with van der Waals surface area (Å²) in [5.74, 6) is 0.771. The van der Waals surface area contributed by atoms with Gasteiger partial charge in [-0.1, -0.05) is 6.92 Å². The zero-order valence-corrected chi connectivity index (χ0v) is 17.0. The van der Waals surface area contributed by atoms with Crippen LogP contribution in [0.2, 0.25) is 0 Å². The molecule has 1 saturated heterocycles. The number of aryl methyl sites for hydroxylation is 1. The number of hydrogen-bond acceptors (Lipinski definition) is 10. The molecule has 0 spiro atoms. The van der Waals surface area contributed by atoms with E-state index in [-0.39, 0.29) is 28.2 Å². The van der Waals surface area contributed by atoms with E-state index < -0.39 is 16.5 Å². The van der Waals surface area contributed by atoms with Gasteiger partial charge in [0.15, 0.2) is 5.69 Å². The molecule has 0 bridgehead atoms. The summed E-state index contributed by atoms with van der Waals surface area (Å²) in [6.45, 7) is 5.01. The summed E-state index contributed by atoms with van der Waals surface area (Å²) in [5.41, 5.74) is -0.242. The summed E-state index contributed by atoms with van der Waals surface area (Å²) in [6, 6.07) is 1.23.